The van der Waals surface area contributed by atoms with Crippen molar-refractivity contribution < 1.29 is 0 Å². The summed E-state index contributed by atoms with van der Waals surface area (Å²) >= 11 is 3.67. The molecule has 2 fully saturated rings. The SMILES string of the molecule is Cc1nn(C)c(CN2CCC(C3CCCN3)CC2)c1Br.Cl. The average Bonchev–Trinajstić information content (AvgIpc) is 3.05. The molecule has 4 nitrogen and oxygen atoms in total. The van der Waals surface area contributed by atoms with Crippen LogP contribution >= 0.6 is 28.3 Å². The first kappa shape index (κ1) is 17.3. The first-order valence-corrected chi connectivity index (χ1v) is 8.58. The van der Waals surface area contributed by atoms with Gasteiger partial charge in [-0.25, -0.2) is 0 Å². The van der Waals surface area contributed by atoms with Crippen molar-refractivity contribution in [2.24, 2.45) is 13.0 Å². The Bertz CT molecular complexity index is 462. The van der Waals surface area contributed by atoms with Crippen molar-refractivity contribution >= 4 is 28.3 Å². The van der Waals surface area contributed by atoms with Crippen LogP contribution < -0.4 is 5.32 Å². The molecule has 2 saturated heterocycles. The molecule has 1 atom stereocenters. The maximum absolute atomic E-state index is 4.49. The summed E-state index contributed by atoms with van der Waals surface area (Å²) in [5.74, 6) is 0.894. The van der Waals surface area contributed by atoms with Gasteiger partial charge in [0, 0.05) is 19.6 Å². The van der Waals surface area contributed by atoms with Gasteiger partial charge < -0.3 is 5.32 Å². The Kier molecular flexibility index (Phi) is 6.12. The van der Waals surface area contributed by atoms with Crippen LogP contribution in [-0.4, -0.2) is 40.4 Å². The zero-order chi connectivity index (χ0) is 14.1. The third kappa shape index (κ3) is 3.81. The number of piperidine rings is 1. The van der Waals surface area contributed by atoms with E-state index < -0.39 is 0 Å². The van der Waals surface area contributed by atoms with Crippen molar-refractivity contribution in [3.63, 3.8) is 0 Å². The lowest BCUT2D eigenvalue weighted by atomic mass is 9.88. The molecule has 1 aromatic rings. The molecule has 0 aliphatic carbocycles. The molecule has 21 heavy (non-hydrogen) atoms. The largest absolute Gasteiger partial charge is 0.314 e. The molecule has 0 spiro atoms. The molecule has 1 unspecified atom stereocenters. The van der Waals surface area contributed by atoms with E-state index in [1.165, 1.54) is 55.5 Å². The van der Waals surface area contributed by atoms with Gasteiger partial charge in [-0.15, -0.1) is 12.4 Å². The van der Waals surface area contributed by atoms with Crippen molar-refractivity contribution in [2.45, 2.75) is 45.2 Å². The van der Waals surface area contributed by atoms with Crippen LogP contribution in [-0.2, 0) is 13.6 Å². The summed E-state index contributed by atoms with van der Waals surface area (Å²) < 4.78 is 3.20. The van der Waals surface area contributed by atoms with Crippen LogP contribution in [0.3, 0.4) is 0 Å². The lowest BCUT2D eigenvalue weighted by molar-refractivity contribution is 0.154. The second kappa shape index (κ2) is 7.44. The molecular formula is C15H26BrClN4. The fourth-order valence-electron chi connectivity index (χ4n) is 3.69. The van der Waals surface area contributed by atoms with E-state index >= 15 is 0 Å². The average molecular weight is 378 g/mol. The van der Waals surface area contributed by atoms with E-state index in [0.29, 0.717) is 0 Å². The summed E-state index contributed by atoms with van der Waals surface area (Å²) in [6, 6.07) is 0.794. The Morgan fingerprint density at radius 2 is 2.00 bits per heavy atom. The Morgan fingerprint density at radius 3 is 2.52 bits per heavy atom. The monoisotopic (exact) mass is 376 g/mol. The van der Waals surface area contributed by atoms with Crippen LogP contribution in [0.1, 0.15) is 37.1 Å². The fourth-order valence-corrected chi connectivity index (χ4v) is 4.15. The fraction of sp³-hybridized carbons (Fsp3) is 0.800. The molecule has 1 aromatic heterocycles. The number of halogens is 2. The second-order valence-corrected chi connectivity index (χ2v) is 7.08. The minimum atomic E-state index is 0. The summed E-state index contributed by atoms with van der Waals surface area (Å²) in [5, 5.41) is 8.16. The van der Waals surface area contributed by atoms with E-state index in [4.69, 9.17) is 0 Å². The molecule has 0 amide bonds. The van der Waals surface area contributed by atoms with Gasteiger partial charge in [-0.05, 0) is 74.1 Å². The Balaban J connectivity index is 0.00000161. The highest BCUT2D eigenvalue weighted by Gasteiger charge is 2.28. The molecule has 3 rings (SSSR count). The summed E-state index contributed by atoms with van der Waals surface area (Å²) in [6.07, 6.45) is 5.43. The zero-order valence-electron chi connectivity index (χ0n) is 12.9. The Labute approximate surface area is 142 Å². The topological polar surface area (TPSA) is 33.1 Å². The van der Waals surface area contributed by atoms with Crippen LogP contribution in [0.5, 0.6) is 0 Å². The van der Waals surface area contributed by atoms with Gasteiger partial charge in [0.15, 0.2) is 0 Å². The van der Waals surface area contributed by atoms with Crippen molar-refractivity contribution in [1.29, 1.82) is 0 Å². The molecule has 120 valence electrons. The molecular weight excluding hydrogens is 352 g/mol. The van der Waals surface area contributed by atoms with E-state index in [1.807, 2.05) is 11.7 Å². The zero-order valence-corrected chi connectivity index (χ0v) is 15.3. The number of hydrogen-bond acceptors (Lipinski definition) is 3. The van der Waals surface area contributed by atoms with Crippen LogP contribution in [0.25, 0.3) is 0 Å². The van der Waals surface area contributed by atoms with Crippen LogP contribution in [0.15, 0.2) is 4.47 Å². The maximum atomic E-state index is 4.49. The molecule has 0 bridgehead atoms. The number of aryl methyl sites for hydroxylation is 2. The number of rotatable bonds is 3. The van der Waals surface area contributed by atoms with Crippen LogP contribution in [0.2, 0.25) is 0 Å². The summed E-state index contributed by atoms with van der Waals surface area (Å²) in [5.41, 5.74) is 2.40. The van der Waals surface area contributed by atoms with Crippen LogP contribution in [0.4, 0.5) is 0 Å². The molecule has 0 saturated carbocycles. The van der Waals surface area contributed by atoms with Gasteiger partial charge in [0.05, 0.1) is 15.9 Å². The van der Waals surface area contributed by atoms with Crippen molar-refractivity contribution in [2.75, 3.05) is 19.6 Å². The summed E-state index contributed by atoms with van der Waals surface area (Å²) in [4.78, 5) is 2.58. The second-order valence-electron chi connectivity index (χ2n) is 6.29. The Morgan fingerprint density at radius 1 is 1.29 bits per heavy atom. The predicted molar refractivity (Wildman–Crippen MR) is 91.9 cm³/mol. The highest BCUT2D eigenvalue weighted by molar-refractivity contribution is 9.10. The highest BCUT2D eigenvalue weighted by atomic mass is 79.9. The van der Waals surface area contributed by atoms with Crippen molar-refractivity contribution in [3.8, 4) is 0 Å². The first-order valence-electron chi connectivity index (χ1n) is 7.79. The van der Waals surface area contributed by atoms with E-state index in [0.717, 1.165) is 24.2 Å². The Hall–Kier alpha value is -0.100. The van der Waals surface area contributed by atoms with Gasteiger partial charge in [-0.3, -0.25) is 9.58 Å². The third-order valence-corrected chi connectivity index (χ3v) is 5.97. The summed E-state index contributed by atoms with van der Waals surface area (Å²) in [7, 11) is 2.04. The molecule has 1 N–H and O–H groups in total. The number of aromatic nitrogens is 2. The predicted octanol–water partition coefficient (Wildman–Crippen LogP) is 2.88. The number of likely N-dealkylation sites (tertiary alicyclic amines) is 1. The normalized spacial score (nSPS) is 24.2. The third-order valence-electron chi connectivity index (χ3n) is 4.93. The van der Waals surface area contributed by atoms with Gasteiger partial charge in [0.25, 0.3) is 0 Å². The summed E-state index contributed by atoms with van der Waals surface area (Å²) in [6.45, 7) is 6.75. The molecule has 0 aromatic carbocycles. The molecule has 3 heterocycles. The van der Waals surface area contributed by atoms with Gasteiger partial charge in [-0.1, -0.05) is 0 Å². The first-order chi connectivity index (χ1) is 9.65. The molecule has 2 aliphatic rings. The van der Waals surface area contributed by atoms with Crippen molar-refractivity contribution in [3.05, 3.63) is 15.9 Å². The molecule has 0 radical (unpaired) electrons. The van der Waals surface area contributed by atoms with E-state index in [1.54, 1.807) is 0 Å². The standard InChI is InChI=1S/C15H25BrN4.ClH/c1-11-15(16)14(19(2)18-11)10-20-8-5-12(6-9-20)13-4-3-7-17-13;/h12-13,17H,3-10H2,1-2H3;1H. The quantitative estimate of drug-likeness (QED) is 0.879. The number of nitrogens with one attached hydrogen (secondary N) is 1. The lowest BCUT2D eigenvalue weighted by Crippen LogP contribution is -2.40. The maximum Gasteiger partial charge on any atom is 0.0739 e. The smallest absolute Gasteiger partial charge is 0.0739 e. The minimum absolute atomic E-state index is 0. The molecule has 2 aliphatic heterocycles. The van der Waals surface area contributed by atoms with Gasteiger partial charge in [0.1, 0.15) is 0 Å². The van der Waals surface area contributed by atoms with E-state index in [-0.39, 0.29) is 12.4 Å². The van der Waals surface area contributed by atoms with Crippen LogP contribution in [0, 0.1) is 12.8 Å². The lowest BCUT2D eigenvalue weighted by Gasteiger charge is -2.34. The number of nitrogens with zero attached hydrogens (tertiary/aromatic N) is 3. The van der Waals surface area contributed by atoms with Crippen molar-refractivity contribution in [1.82, 2.24) is 20.0 Å². The van der Waals surface area contributed by atoms with E-state index in [2.05, 4.69) is 38.2 Å². The van der Waals surface area contributed by atoms with E-state index in [9.17, 15) is 0 Å². The minimum Gasteiger partial charge on any atom is -0.314 e. The number of hydrogen-bond donors (Lipinski definition) is 1. The highest BCUT2D eigenvalue weighted by Crippen LogP contribution is 2.28. The van der Waals surface area contributed by atoms with Gasteiger partial charge in [0.2, 0.25) is 0 Å². The molecule has 6 heteroatoms. The van der Waals surface area contributed by atoms with Gasteiger partial charge >= 0.3 is 0 Å². The van der Waals surface area contributed by atoms with Gasteiger partial charge in [-0.2, -0.15) is 5.10 Å².